The van der Waals surface area contributed by atoms with Crippen molar-refractivity contribution in [1.29, 1.82) is 0 Å². The average Bonchev–Trinajstić information content (AvgIpc) is 3.50. The van der Waals surface area contributed by atoms with Crippen LogP contribution in [-0.4, -0.2) is 29.8 Å². The summed E-state index contributed by atoms with van der Waals surface area (Å²) in [7, 11) is -1.36. The van der Waals surface area contributed by atoms with Crippen molar-refractivity contribution < 1.29 is 18.9 Å². The summed E-state index contributed by atoms with van der Waals surface area (Å²) in [5.74, 6) is 1.10. The van der Waals surface area contributed by atoms with Gasteiger partial charge >= 0.3 is 0 Å². The minimum atomic E-state index is -3.09. The van der Waals surface area contributed by atoms with Gasteiger partial charge in [-0.2, -0.15) is 0 Å². The fraction of sp³-hybridized carbons (Fsp3) is 0.542. The predicted molar refractivity (Wildman–Crippen MR) is 128 cm³/mol. The van der Waals surface area contributed by atoms with Crippen molar-refractivity contribution in [3.63, 3.8) is 0 Å². The first kappa shape index (κ1) is 24.4. The Labute approximate surface area is 194 Å². The summed E-state index contributed by atoms with van der Waals surface area (Å²) >= 11 is 3.65. The fourth-order valence-electron chi connectivity index (χ4n) is 4.11. The van der Waals surface area contributed by atoms with Crippen molar-refractivity contribution in [2.75, 3.05) is 19.9 Å². The number of aromatic nitrogens is 1. The van der Waals surface area contributed by atoms with Gasteiger partial charge in [0.25, 0.3) is 0 Å². The van der Waals surface area contributed by atoms with Crippen LogP contribution in [0.4, 0.5) is 0 Å². The van der Waals surface area contributed by atoms with Gasteiger partial charge in [-0.1, -0.05) is 42.8 Å². The zero-order chi connectivity index (χ0) is 22.8. The highest BCUT2D eigenvalue weighted by Crippen LogP contribution is 2.50. The van der Waals surface area contributed by atoms with E-state index in [0.717, 1.165) is 34.0 Å². The van der Waals surface area contributed by atoms with E-state index < -0.39 is 7.37 Å². The zero-order valence-corrected chi connectivity index (χ0v) is 21.4. The van der Waals surface area contributed by atoms with Gasteiger partial charge in [0.05, 0.1) is 6.10 Å². The van der Waals surface area contributed by atoms with E-state index in [1.807, 2.05) is 24.3 Å². The number of benzene rings is 1. The molecule has 3 atom stereocenters. The van der Waals surface area contributed by atoms with Crippen molar-refractivity contribution in [2.45, 2.75) is 52.2 Å². The van der Waals surface area contributed by atoms with E-state index in [0.29, 0.717) is 24.6 Å². The maximum absolute atomic E-state index is 12.0. The summed E-state index contributed by atoms with van der Waals surface area (Å²) in [6.45, 7) is 8.30. The van der Waals surface area contributed by atoms with Gasteiger partial charge in [0, 0.05) is 36.7 Å². The Kier molecular flexibility index (Phi) is 7.68. The molecule has 1 saturated carbocycles. The Morgan fingerprint density at radius 2 is 1.97 bits per heavy atom. The summed E-state index contributed by atoms with van der Waals surface area (Å²) in [5.41, 5.74) is 3.11. The second kappa shape index (κ2) is 9.74. The molecule has 0 saturated heterocycles. The van der Waals surface area contributed by atoms with Crippen molar-refractivity contribution in [3.8, 4) is 5.88 Å². The average molecular weight is 510 g/mol. The molecule has 0 radical (unpaired) electrons. The molecule has 1 N–H and O–H groups in total. The lowest BCUT2D eigenvalue weighted by Crippen LogP contribution is -2.20. The molecule has 0 bridgehead atoms. The summed E-state index contributed by atoms with van der Waals surface area (Å²) in [6, 6.07) is 10.0. The maximum Gasteiger partial charge on any atom is 0.213 e. The SMILES string of the molecule is CO[C@H](c1cc(COc2cc(C(CP(C)(=O)O)C3CC3)ccn2)ccc1Br)C(C)(C)C. The lowest BCUT2D eigenvalue weighted by atomic mass is 9.84. The summed E-state index contributed by atoms with van der Waals surface area (Å²) in [4.78, 5) is 14.3. The molecule has 0 aliphatic heterocycles. The molecule has 0 spiro atoms. The molecular weight excluding hydrogens is 477 g/mol. The molecule has 31 heavy (non-hydrogen) atoms. The number of rotatable bonds is 9. The highest BCUT2D eigenvalue weighted by molar-refractivity contribution is 9.10. The van der Waals surface area contributed by atoms with Crippen LogP contribution >= 0.6 is 23.3 Å². The van der Waals surface area contributed by atoms with Gasteiger partial charge in [-0.15, -0.1) is 0 Å². The topological polar surface area (TPSA) is 68.7 Å². The molecule has 2 aromatic rings. The van der Waals surface area contributed by atoms with Gasteiger partial charge < -0.3 is 14.4 Å². The second-order valence-electron chi connectivity index (χ2n) is 9.73. The fourth-order valence-corrected chi connectivity index (χ4v) is 5.81. The molecular formula is C24H33BrNO4P. The first-order chi connectivity index (χ1) is 14.5. The van der Waals surface area contributed by atoms with Crippen LogP contribution in [0.15, 0.2) is 41.0 Å². The van der Waals surface area contributed by atoms with Gasteiger partial charge in [-0.3, -0.25) is 4.57 Å². The van der Waals surface area contributed by atoms with E-state index in [1.165, 1.54) is 6.66 Å². The van der Waals surface area contributed by atoms with Crippen LogP contribution in [0.1, 0.15) is 62.3 Å². The normalized spacial score (nSPS) is 18.3. The van der Waals surface area contributed by atoms with E-state index in [2.05, 4.69) is 47.8 Å². The monoisotopic (exact) mass is 509 g/mol. The maximum atomic E-state index is 12.0. The van der Waals surface area contributed by atoms with Crippen molar-refractivity contribution in [2.24, 2.45) is 11.3 Å². The summed E-state index contributed by atoms with van der Waals surface area (Å²) < 4.78 is 24.8. The van der Waals surface area contributed by atoms with Crippen LogP contribution in [0.25, 0.3) is 0 Å². The van der Waals surface area contributed by atoms with Crippen molar-refractivity contribution in [1.82, 2.24) is 4.98 Å². The highest BCUT2D eigenvalue weighted by atomic mass is 79.9. The molecule has 7 heteroatoms. The second-order valence-corrected chi connectivity index (χ2v) is 13.1. The number of pyridine rings is 1. The van der Waals surface area contributed by atoms with E-state index in [9.17, 15) is 9.46 Å². The third-order valence-corrected chi connectivity index (χ3v) is 7.46. The number of hydrogen-bond acceptors (Lipinski definition) is 4. The Morgan fingerprint density at radius 3 is 2.55 bits per heavy atom. The van der Waals surface area contributed by atoms with E-state index in [4.69, 9.17) is 9.47 Å². The lowest BCUT2D eigenvalue weighted by molar-refractivity contribution is 0.0146. The Balaban J connectivity index is 1.75. The van der Waals surface area contributed by atoms with Crippen LogP contribution in [0.5, 0.6) is 5.88 Å². The molecule has 1 aromatic carbocycles. The van der Waals surface area contributed by atoms with Crippen molar-refractivity contribution >= 4 is 23.3 Å². The zero-order valence-electron chi connectivity index (χ0n) is 19.0. The van der Waals surface area contributed by atoms with Gasteiger partial charge in [0.15, 0.2) is 7.37 Å². The molecule has 1 heterocycles. The smallest absolute Gasteiger partial charge is 0.213 e. The Hall–Kier alpha value is -1.20. The third-order valence-electron chi connectivity index (χ3n) is 5.67. The predicted octanol–water partition coefficient (Wildman–Crippen LogP) is 6.55. The standard InChI is InChI=1S/C24H33BrNO4P/c1-24(2,3)23(29-4)19-12-16(6-9-21(19)25)14-30-22-13-18(10-11-26-22)20(17-7-8-17)15-31(5,27)28/h6,9-13,17,20,23H,7-8,14-15H2,1-5H3,(H,27,28)/t20?,23-/m1/s1. The number of nitrogens with zero attached hydrogens (tertiary/aromatic N) is 1. The van der Waals surface area contributed by atoms with E-state index in [-0.39, 0.29) is 17.4 Å². The van der Waals surface area contributed by atoms with Crippen LogP contribution in [-0.2, 0) is 15.9 Å². The Morgan fingerprint density at radius 1 is 1.26 bits per heavy atom. The van der Waals surface area contributed by atoms with E-state index in [1.54, 1.807) is 13.3 Å². The lowest BCUT2D eigenvalue weighted by Gasteiger charge is -2.30. The minimum Gasteiger partial charge on any atom is -0.473 e. The third kappa shape index (κ3) is 6.89. The molecule has 5 nitrogen and oxygen atoms in total. The minimum absolute atomic E-state index is 0.0458. The molecule has 2 unspecified atom stereocenters. The van der Waals surface area contributed by atoms with Gasteiger partial charge in [0.1, 0.15) is 6.61 Å². The molecule has 0 amide bonds. The molecule has 3 rings (SSSR count). The van der Waals surface area contributed by atoms with Crippen LogP contribution < -0.4 is 4.74 Å². The quantitative estimate of drug-likeness (QED) is 0.388. The molecule has 1 fully saturated rings. The number of ether oxygens (including phenoxy) is 2. The summed E-state index contributed by atoms with van der Waals surface area (Å²) in [5, 5.41) is 0. The van der Waals surface area contributed by atoms with Gasteiger partial charge in [-0.25, -0.2) is 4.98 Å². The highest BCUT2D eigenvalue weighted by Gasteiger charge is 2.35. The van der Waals surface area contributed by atoms with Gasteiger partial charge in [0.2, 0.25) is 5.88 Å². The first-order valence-electron chi connectivity index (χ1n) is 10.7. The first-order valence-corrected chi connectivity index (χ1v) is 13.8. The van der Waals surface area contributed by atoms with Crippen LogP contribution in [0.3, 0.4) is 0 Å². The largest absolute Gasteiger partial charge is 0.473 e. The number of hydrogen-bond donors (Lipinski definition) is 1. The van der Waals surface area contributed by atoms with Crippen LogP contribution in [0.2, 0.25) is 0 Å². The van der Waals surface area contributed by atoms with Crippen molar-refractivity contribution in [3.05, 3.63) is 57.7 Å². The molecule has 1 aliphatic rings. The number of methoxy groups -OCH3 is 1. The van der Waals surface area contributed by atoms with Gasteiger partial charge in [-0.05, 0) is 65.0 Å². The van der Waals surface area contributed by atoms with Crippen LogP contribution in [0, 0.1) is 11.3 Å². The summed E-state index contributed by atoms with van der Waals surface area (Å²) in [6.07, 6.45) is 4.21. The van der Waals surface area contributed by atoms with E-state index >= 15 is 0 Å². The molecule has 1 aromatic heterocycles. The number of halogens is 1. The molecule has 170 valence electrons. The molecule has 1 aliphatic carbocycles. The Bertz CT molecular complexity index is 949.